The number of aromatic nitrogens is 1. The fraction of sp³-hybridized carbons (Fsp3) is 0.643. The number of piperidine rings is 1. The van der Waals surface area contributed by atoms with Crippen LogP contribution in [-0.4, -0.2) is 43.6 Å². The number of hydrogen-bond acceptors (Lipinski definition) is 3. The fourth-order valence-corrected chi connectivity index (χ4v) is 2.83. The van der Waals surface area contributed by atoms with Gasteiger partial charge in [0.15, 0.2) is 0 Å². The maximum atomic E-state index is 5.98. The zero-order chi connectivity index (χ0) is 13.0. The Bertz CT molecular complexity index is 375. The van der Waals surface area contributed by atoms with E-state index in [0.29, 0.717) is 5.88 Å². The zero-order valence-corrected chi connectivity index (χ0v) is 12.0. The highest BCUT2D eigenvalue weighted by Crippen LogP contribution is 2.23. The lowest BCUT2D eigenvalue weighted by Crippen LogP contribution is -2.36. The van der Waals surface area contributed by atoms with E-state index >= 15 is 0 Å². The van der Waals surface area contributed by atoms with Crippen molar-refractivity contribution >= 4 is 17.3 Å². The maximum Gasteiger partial charge on any atom is 0.0595 e. The number of anilines is 1. The molecule has 3 nitrogen and oxygen atoms in total. The molecule has 1 aromatic rings. The molecule has 4 heteroatoms. The SMILES string of the molecule is CN1CCC(CN(C)c2cnccc2CCl)CC1. The number of rotatable bonds is 4. The summed E-state index contributed by atoms with van der Waals surface area (Å²) in [5.74, 6) is 1.34. The van der Waals surface area contributed by atoms with Gasteiger partial charge in [0.05, 0.1) is 11.9 Å². The molecule has 2 rings (SSSR count). The predicted octanol–water partition coefficient (Wildman–Crippen LogP) is 2.60. The molecular weight excluding hydrogens is 246 g/mol. The summed E-state index contributed by atoms with van der Waals surface area (Å²) in [5.41, 5.74) is 2.34. The van der Waals surface area contributed by atoms with Crippen LogP contribution in [0, 0.1) is 5.92 Å². The maximum absolute atomic E-state index is 5.98. The predicted molar refractivity (Wildman–Crippen MR) is 77.3 cm³/mol. The Morgan fingerprint density at radius 1 is 1.44 bits per heavy atom. The molecule has 0 aliphatic carbocycles. The molecule has 0 atom stereocenters. The first kappa shape index (κ1) is 13.6. The summed E-state index contributed by atoms with van der Waals surface area (Å²) in [6, 6.07) is 2.01. The largest absolute Gasteiger partial charge is 0.373 e. The van der Waals surface area contributed by atoms with Crippen molar-refractivity contribution in [1.82, 2.24) is 9.88 Å². The molecule has 0 radical (unpaired) electrons. The van der Waals surface area contributed by atoms with Crippen molar-refractivity contribution in [3.63, 3.8) is 0 Å². The van der Waals surface area contributed by atoms with E-state index in [0.717, 1.165) is 12.5 Å². The Kier molecular flexibility index (Phi) is 4.84. The van der Waals surface area contributed by atoms with E-state index in [1.165, 1.54) is 37.2 Å². The second-order valence-electron chi connectivity index (χ2n) is 5.27. The van der Waals surface area contributed by atoms with Crippen molar-refractivity contribution < 1.29 is 0 Å². The van der Waals surface area contributed by atoms with Crippen LogP contribution < -0.4 is 4.90 Å². The third-order valence-corrected chi connectivity index (χ3v) is 4.10. The molecule has 1 aromatic heterocycles. The molecule has 0 unspecified atom stereocenters. The van der Waals surface area contributed by atoms with E-state index in [2.05, 4.69) is 28.9 Å². The Morgan fingerprint density at radius 2 is 2.17 bits per heavy atom. The Hall–Kier alpha value is -0.800. The average molecular weight is 268 g/mol. The second kappa shape index (κ2) is 6.39. The van der Waals surface area contributed by atoms with Crippen molar-refractivity contribution in [2.45, 2.75) is 18.7 Å². The van der Waals surface area contributed by atoms with Crippen molar-refractivity contribution in [1.29, 1.82) is 0 Å². The summed E-state index contributed by atoms with van der Waals surface area (Å²) in [4.78, 5) is 8.92. The third kappa shape index (κ3) is 3.36. The van der Waals surface area contributed by atoms with E-state index in [4.69, 9.17) is 11.6 Å². The number of alkyl halides is 1. The van der Waals surface area contributed by atoms with Gasteiger partial charge in [-0.15, -0.1) is 11.6 Å². The molecular formula is C14H22ClN3. The minimum atomic E-state index is 0.551. The number of likely N-dealkylation sites (tertiary alicyclic amines) is 1. The van der Waals surface area contributed by atoms with Gasteiger partial charge in [0.2, 0.25) is 0 Å². The lowest BCUT2D eigenvalue weighted by molar-refractivity contribution is 0.222. The number of nitrogens with zero attached hydrogens (tertiary/aromatic N) is 3. The minimum absolute atomic E-state index is 0.551. The summed E-state index contributed by atoms with van der Waals surface area (Å²) < 4.78 is 0. The Morgan fingerprint density at radius 3 is 2.83 bits per heavy atom. The molecule has 1 aliphatic heterocycles. The summed E-state index contributed by atoms with van der Waals surface area (Å²) in [6.07, 6.45) is 6.31. The van der Waals surface area contributed by atoms with Gasteiger partial charge < -0.3 is 9.80 Å². The monoisotopic (exact) mass is 267 g/mol. The minimum Gasteiger partial charge on any atom is -0.373 e. The van der Waals surface area contributed by atoms with Crippen LogP contribution in [0.25, 0.3) is 0 Å². The van der Waals surface area contributed by atoms with Crippen LogP contribution in [-0.2, 0) is 5.88 Å². The fourth-order valence-electron chi connectivity index (χ4n) is 2.60. The molecule has 1 fully saturated rings. The first-order valence-electron chi connectivity index (χ1n) is 6.59. The van der Waals surface area contributed by atoms with Crippen molar-refractivity contribution in [2.24, 2.45) is 5.92 Å². The van der Waals surface area contributed by atoms with Crippen LogP contribution in [0.5, 0.6) is 0 Å². The molecule has 0 N–H and O–H groups in total. The van der Waals surface area contributed by atoms with Gasteiger partial charge in [0.1, 0.15) is 0 Å². The van der Waals surface area contributed by atoms with Gasteiger partial charge in [0, 0.05) is 25.7 Å². The molecule has 0 amide bonds. The molecule has 0 saturated carbocycles. The van der Waals surface area contributed by atoms with Crippen LogP contribution >= 0.6 is 11.6 Å². The molecule has 0 spiro atoms. The van der Waals surface area contributed by atoms with E-state index < -0.39 is 0 Å². The highest BCUT2D eigenvalue weighted by Gasteiger charge is 2.19. The van der Waals surface area contributed by atoms with Crippen LogP contribution in [0.1, 0.15) is 18.4 Å². The van der Waals surface area contributed by atoms with Gasteiger partial charge in [0.25, 0.3) is 0 Å². The molecule has 18 heavy (non-hydrogen) atoms. The molecule has 1 aliphatic rings. The summed E-state index contributed by atoms with van der Waals surface area (Å²) in [7, 11) is 4.35. The van der Waals surface area contributed by atoms with Crippen LogP contribution in [0.2, 0.25) is 0 Å². The van der Waals surface area contributed by atoms with Crippen molar-refractivity contribution in [2.75, 3.05) is 38.6 Å². The van der Waals surface area contributed by atoms with Gasteiger partial charge in [-0.3, -0.25) is 4.98 Å². The topological polar surface area (TPSA) is 19.4 Å². The number of pyridine rings is 1. The first-order chi connectivity index (χ1) is 8.70. The molecule has 0 aromatic carbocycles. The quantitative estimate of drug-likeness (QED) is 0.782. The lowest BCUT2D eigenvalue weighted by atomic mass is 9.96. The van der Waals surface area contributed by atoms with E-state index in [9.17, 15) is 0 Å². The van der Waals surface area contributed by atoms with Gasteiger partial charge in [-0.25, -0.2) is 0 Å². The van der Waals surface area contributed by atoms with E-state index in [-0.39, 0.29) is 0 Å². The van der Waals surface area contributed by atoms with Gasteiger partial charge >= 0.3 is 0 Å². The van der Waals surface area contributed by atoms with Crippen LogP contribution in [0.15, 0.2) is 18.5 Å². The normalized spacial score (nSPS) is 17.9. The first-order valence-corrected chi connectivity index (χ1v) is 7.12. The smallest absolute Gasteiger partial charge is 0.0595 e. The van der Waals surface area contributed by atoms with Gasteiger partial charge in [-0.05, 0) is 50.5 Å². The standard InChI is InChI=1S/C14H22ClN3/c1-17-7-4-12(5-8-17)11-18(2)14-10-16-6-3-13(14)9-15/h3,6,10,12H,4-5,7-9,11H2,1-2H3. The van der Waals surface area contributed by atoms with Gasteiger partial charge in [-0.2, -0.15) is 0 Å². The molecule has 2 heterocycles. The van der Waals surface area contributed by atoms with Crippen molar-refractivity contribution in [3.05, 3.63) is 24.0 Å². The second-order valence-corrected chi connectivity index (χ2v) is 5.53. The summed E-state index contributed by atoms with van der Waals surface area (Å²) >= 11 is 5.98. The Balaban J connectivity index is 1.96. The molecule has 0 bridgehead atoms. The number of halogens is 1. The summed E-state index contributed by atoms with van der Waals surface area (Å²) in [5, 5.41) is 0. The number of hydrogen-bond donors (Lipinski definition) is 0. The van der Waals surface area contributed by atoms with E-state index in [1.54, 1.807) is 0 Å². The highest BCUT2D eigenvalue weighted by atomic mass is 35.5. The highest BCUT2D eigenvalue weighted by molar-refractivity contribution is 6.17. The molecule has 100 valence electrons. The third-order valence-electron chi connectivity index (χ3n) is 3.81. The van der Waals surface area contributed by atoms with Crippen LogP contribution in [0.4, 0.5) is 5.69 Å². The Labute approximate surface area is 115 Å². The molecule has 1 saturated heterocycles. The lowest BCUT2D eigenvalue weighted by Gasteiger charge is -2.32. The average Bonchev–Trinajstić information content (AvgIpc) is 2.41. The van der Waals surface area contributed by atoms with Gasteiger partial charge in [-0.1, -0.05) is 0 Å². The zero-order valence-electron chi connectivity index (χ0n) is 11.3. The summed E-state index contributed by atoms with van der Waals surface area (Å²) in [6.45, 7) is 3.53. The van der Waals surface area contributed by atoms with Crippen molar-refractivity contribution in [3.8, 4) is 0 Å². The van der Waals surface area contributed by atoms with Crippen LogP contribution in [0.3, 0.4) is 0 Å². The van der Waals surface area contributed by atoms with E-state index in [1.807, 2.05) is 18.5 Å².